The number of fused-ring (bicyclic) bond motifs is 2. The molecule has 2 heterocycles. The van der Waals surface area contributed by atoms with Crippen LogP contribution in [0.1, 0.15) is 20.8 Å². The van der Waals surface area contributed by atoms with Crippen LogP contribution in [0.15, 0.2) is 53.8 Å². The molecule has 2 aromatic heterocycles. The Bertz CT molecular complexity index is 1260. The maximum Gasteiger partial charge on any atom is 0.258 e. The van der Waals surface area contributed by atoms with E-state index in [1.165, 1.54) is 0 Å². The van der Waals surface area contributed by atoms with Crippen LogP contribution in [0, 0.1) is 0 Å². The number of ether oxygens (including phenoxy) is 1. The molecule has 0 fully saturated rings. The summed E-state index contributed by atoms with van der Waals surface area (Å²) >= 11 is 1.59. The molecule has 9 heteroatoms. The Kier molecular flexibility index (Phi) is 7.29. The maximum atomic E-state index is 12.3. The van der Waals surface area contributed by atoms with Crippen molar-refractivity contribution >= 4 is 45.3 Å². The highest BCUT2D eigenvalue weighted by Crippen LogP contribution is 2.25. The van der Waals surface area contributed by atoms with E-state index in [0.717, 1.165) is 33.4 Å². The van der Waals surface area contributed by atoms with Gasteiger partial charge in [0.1, 0.15) is 11.6 Å². The van der Waals surface area contributed by atoms with Crippen LogP contribution in [-0.2, 0) is 11.3 Å². The van der Waals surface area contributed by atoms with Crippen molar-refractivity contribution in [3.05, 3.63) is 48.7 Å². The third kappa shape index (κ3) is 5.73. The van der Waals surface area contributed by atoms with E-state index in [2.05, 4.69) is 46.5 Å². The summed E-state index contributed by atoms with van der Waals surface area (Å²) in [7, 11) is 0. The summed E-state index contributed by atoms with van der Waals surface area (Å²) in [5.74, 6) is 2.15. The van der Waals surface area contributed by atoms with Crippen molar-refractivity contribution in [2.24, 2.45) is 0 Å². The molecule has 0 aliphatic heterocycles. The summed E-state index contributed by atoms with van der Waals surface area (Å²) in [6, 6.07) is 14.1. The highest BCUT2D eigenvalue weighted by atomic mass is 32.2. The van der Waals surface area contributed by atoms with E-state index in [-0.39, 0.29) is 18.6 Å². The van der Waals surface area contributed by atoms with Gasteiger partial charge in [-0.15, -0.1) is 0 Å². The fourth-order valence-electron chi connectivity index (χ4n) is 3.43. The molecule has 33 heavy (non-hydrogen) atoms. The zero-order valence-electron chi connectivity index (χ0n) is 19.0. The number of aromatic nitrogens is 4. The number of anilines is 1. The van der Waals surface area contributed by atoms with Gasteiger partial charge in [-0.25, -0.2) is 14.6 Å². The number of rotatable bonds is 10. The van der Waals surface area contributed by atoms with Gasteiger partial charge in [0.2, 0.25) is 0 Å². The molecule has 0 unspecified atom stereocenters. The average molecular weight is 465 g/mol. The minimum absolute atomic E-state index is 0.0416. The molecule has 0 saturated heterocycles. The summed E-state index contributed by atoms with van der Waals surface area (Å²) < 4.78 is 7.46. The van der Waals surface area contributed by atoms with Crippen molar-refractivity contribution in [3.8, 4) is 5.75 Å². The number of carbonyl (C=O) groups is 1. The molecule has 2 N–H and O–H groups in total. The summed E-state index contributed by atoms with van der Waals surface area (Å²) in [6.07, 6.45) is 1.77. The van der Waals surface area contributed by atoms with Gasteiger partial charge in [-0.1, -0.05) is 49.0 Å². The van der Waals surface area contributed by atoms with Gasteiger partial charge in [0.05, 0.1) is 18.1 Å². The molecule has 4 rings (SSSR count). The van der Waals surface area contributed by atoms with Gasteiger partial charge in [0, 0.05) is 12.6 Å². The molecule has 0 radical (unpaired) electrons. The topological polar surface area (TPSA) is 94.0 Å². The quantitative estimate of drug-likeness (QED) is 0.269. The van der Waals surface area contributed by atoms with Crippen LogP contribution < -0.4 is 15.4 Å². The first kappa shape index (κ1) is 22.8. The van der Waals surface area contributed by atoms with Crippen LogP contribution in [-0.4, -0.2) is 50.6 Å². The number of carbonyl (C=O) groups excluding carboxylic acids is 1. The average Bonchev–Trinajstić information content (AvgIpc) is 3.20. The Morgan fingerprint density at radius 2 is 1.97 bits per heavy atom. The number of nitrogens with zero attached hydrogens (tertiary/aromatic N) is 4. The number of nitrogens with one attached hydrogen (secondary N) is 2. The highest BCUT2D eigenvalue weighted by molar-refractivity contribution is 7.99. The molecule has 0 saturated carbocycles. The fourth-order valence-corrected chi connectivity index (χ4v) is 4.00. The predicted molar refractivity (Wildman–Crippen MR) is 133 cm³/mol. The SMILES string of the molecule is CCSc1nc(NC(C)C)c2cnn(CCNC(=O)COc3ccc4ccccc4c3)c2n1. The van der Waals surface area contributed by atoms with Crippen LogP contribution in [0.2, 0.25) is 0 Å². The summed E-state index contributed by atoms with van der Waals surface area (Å²) in [6.45, 7) is 7.09. The lowest BCUT2D eigenvalue weighted by Crippen LogP contribution is -2.31. The number of amides is 1. The molecular weight excluding hydrogens is 436 g/mol. The monoisotopic (exact) mass is 464 g/mol. The molecule has 0 bridgehead atoms. The van der Waals surface area contributed by atoms with E-state index in [0.29, 0.717) is 24.0 Å². The van der Waals surface area contributed by atoms with Crippen molar-refractivity contribution in [2.45, 2.75) is 38.5 Å². The molecule has 0 spiro atoms. The smallest absolute Gasteiger partial charge is 0.258 e. The lowest BCUT2D eigenvalue weighted by Gasteiger charge is -2.12. The Balaban J connectivity index is 1.35. The van der Waals surface area contributed by atoms with E-state index < -0.39 is 0 Å². The molecular formula is C24H28N6O2S. The normalized spacial score (nSPS) is 11.3. The van der Waals surface area contributed by atoms with Gasteiger partial charge in [0.25, 0.3) is 5.91 Å². The highest BCUT2D eigenvalue weighted by Gasteiger charge is 2.14. The second kappa shape index (κ2) is 10.5. The van der Waals surface area contributed by atoms with Crippen LogP contribution in [0.5, 0.6) is 5.75 Å². The third-order valence-electron chi connectivity index (χ3n) is 4.91. The van der Waals surface area contributed by atoms with Crippen LogP contribution in [0.4, 0.5) is 5.82 Å². The Morgan fingerprint density at radius 3 is 2.76 bits per heavy atom. The van der Waals surface area contributed by atoms with Gasteiger partial charge in [0.15, 0.2) is 17.4 Å². The van der Waals surface area contributed by atoms with E-state index in [4.69, 9.17) is 4.74 Å². The van der Waals surface area contributed by atoms with E-state index in [1.807, 2.05) is 42.5 Å². The van der Waals surface area contributed by atoms with Crippen LogP contribution >= 0.6 is 11.8 Å². The van der Waals surface area contributed by atoms with Crippen molar-refractivity contribution in [3.63, 3.8) is 0 Å². The molecule has 8 nitrogen and oxygen atoms in total. The van der Waals surface area contributed by atoms with Gasteiger partial charge in [-0.3, -0.25) is 4.79 Å². The van der Waals surface area contributed by atoms with Crippen molar-refractivity contribution < 1.29 is 9.53 Å². The Labute approximate surface area is 197 Å². The van der Waals surface area contributed by atoms with E-state index >= 15 is 0 Å². The summed E-state index contributed by atoms with van der Waals surface area (Å²) in [5, 5.41) is 14.5. The van der Waals surface area contributed by atoms with Gasteiger partial charge >= 0.3 is 0 Å². The third-order valence-corrected chi connectivity index (χ3v) is 5.64. The van der Waals surface area contributed by atoms with Gasteiger partial charge < -0.3 is 15.4 Å². The van der Waals surface area contributed by atoms with Crippen LogP contribution in [0.3, 0.4) is 0 Å². The first-order chi connectivity index (χ1) is 16.0. The van der Waals surface area contributed by atoms with Gasteiger partial charge in [-0.2, -0.15) is 5.10 Å². The van der Waals surface area contributed by atoms with Crippen molar-refractivity contribution in [1.29, 1.82) is 0 Å². The Morgan fingerprint density at radius 1 is 1.15 bits per heavy atom. The number of thioether (sulfide) groups is 1. The van der Waals surface area contributed by atoms with E-state index in [9.17, 15) is 4.79 Å². The minimum Gasteiger partial charge on any atom is -0.484 e. The molecule has 1 amide bonds. The zero-order valence-corrected chi connectivity index (χ0v) is 19.9. The summed E-state index contributed by atoms with van der Waals surface area (Å²) in [4.78, 5) is 21.6. The number of benzene rings is 2. The lowest BCUT2D eigenvalue weighted by molar-refractivity contribution is -0.123. The summed E-state index contributed by atoms with van der Waals surface area (Å²) in [5.41, 5.74) is 0.755. The molecule has 172 valence electrons. The standard InChI is InChI=1S/C24H28N6O2S/c1-4-33-24-28-22(27-16(2)3)20-14-26-30(23(20)29-24)12-11-25-21(31)15-32-19-10-9-17-7-5-6-8-18(17)13-19/h5-10,13-14,16H,4,11-12,15H2,1-3H3,(H,25,31)(H,27,28,29). The maximum absolute atomic E-state index is 12.3. The first-order valence-electron chi connectivity index (χ1n) is 11.0. The zero-order chi connectivity index (χ0) is 23.2. The largest absolute Gasteiger partial charge is 0.484 e. The molecule has 2 aromatic carbocycles. The van der Waals surface area contributed by atoms with Gasteiger partial charge in [-0.05, 0) is 42.5 Å². The predicted octanol–water partition coefficient (Wildman–Crippen LogP) is 4.11. The molecule has 0 atom stereocenters. The lowest BCUT2D eigenvalue weighted by atomic mass is 10.1. The fraction of sp³-hybridized carbons (Fsp3) is 0.333. The van der Waals surface area contributed by atoms with E-state index in [1.54, 1.807) is 22.6 Å². The number of hydrogen-bond acceptors (Lipinski definition) is 7. The molecule has 0 aliphatic carbocycles. The van der Waals surface area contributed by atoms with Crippen molar-refractivity contribution in [2.75, 3.05) is 24.2 Å². The molecule has 0 aliphatic rings. The Hall–Kier alpha value is -3.33. The minimum atomic E-state index is -0.182. The van der Waals surface area contributed by atoms with Crippen LogP contribution in [0.25, 0.3) is 21.8 Å². The second-order valence-corrected chi connectivity index (χ2v) is 9.07. The number of hydrogen-bond donors (Lipinski definition) is 2. The first-order valence-corrected chi connectivity index (χ1v) is 12.0. The van der Waals surface area contributed by atoms with Crippen molar-refractivity contribution in [1.82, 2.24) is 25.1 Å². The second-order valence-electron chi connectivity index (χ2n) is 7.84. The molecule has 4 aromatic rings.